The first-order chi connectivity index (χ1) is 11.7. The quantitative estimate of drug-likeness (QED) is 0.840. The van der Waals surface area contributed by atoms with Crippen LogP contribution in [0.2, 0.25) is 0 Å². The van der Waals surface area contributed by atoms with Gasteiger partial charge in [-0.15, -0.1) is 11.3 Å². The molecular formula is C19H22N2O2S. The topological polar surface area (TPSA) is 42.4 Å². The fourth-order valence-electron chi connectivity index (χ4n) is 3.65. The van der Waals surface area contributed by atoms with Gasteiger partial charge in [0.25, 0.3) is 0 Å². The van der Waals surface area contributed by atoms with E-state index < -0.39 is 0 Å². The average Bonchev–Trinajstić information content (AvgIpc) is 3.07. The molecular weight excluding hydrogens is 320 g/mol. The number of ether oxygens (including phenoxy) is 1. The third-order valence-electron chi connectivity index (χ3n) is 5.02. The van der Waals surface area contributed by atoms with Crippen molar-refractivity contribution in [3.05, 3.63) is 45.9 Å². The van der Waals surface area contributed by atoms with E-state index in [0.717, 1.165) is 49.4 Å². The van der Waals surface area contributed by atoms with Crippen molar-refractivity contribution in [1.29, 1.82) is 0 Å². The first-order valence-electron chi connectivity index (χ1n) is 8.62. The Hall–Kier alpha value is -1.88. The minimum Gasteiger partial charge on any atom is -0.492 e. The largest absolute Gasteiger partial charge is 0.492 e. The van der Waals surface area contributed by atoms with Crippen LogP contribution >= 0.6 is 11.3 Å². The summed E-state index contributed by atoms with van der Waals surface area (Å²) in [5.41, 5.74) is 2.25. The second kappa shape index (κ2) is 6.55. The number of aryl methyl sites for hydroxylation is 1. The smallest absolute Gasteiger partial charge is 0.229 e. The normalized spacial score (nSPS) is 21.2. The molecule has 5 heteroatoms. The van der Waals surface area contributed by atoms with E-state index in [4.69, 9.17) is 4.74 Å². The number of thiazole rings is 1. The predicted molar refractivity (Wildman–Crippen MR) is 94.5 cm³/mol. The average molecular weight is 342 g/mol. The number of nitrogens with zero attached hydrogens (tertiary/aromatic N) is 2. The van der Waals surface area contributed by atoms with Gasteiger partial charge in [0.05, 0.1) is 10.9 Å². The van der Waals surface area contributed by atoms with Gasteiger partial charge in [-0.25, -0.2) is 4.98 Å². The van der Waals surface area contributed by atoms with Crippen LogP contribution in [0.25, 0.3) is 0 Å². The maximum atomic E-state index is 12.8. The Morgan fingerprint density at radius 3 is 2.83 bits per heavy atom. The predicted octanol–water partition coefficient (Wildman–Crippen LogP) is 3.41. The van der Waals surface area contributed by atoms with Gasteiger partial charge in [-0.2, -0.15) is 0 Å². The van der Waals surface area contributed by atoms with Crippen LogP contribution in [0.4, 0.5) is 0 Å². The third-order valence-corrected chi connectivity index (χ3v) is 6.15. The summed E-state index contributed by atoms with van der Waals surface area (Å²) in [6.07, 6.45) is 2.83. The molecule has 4 rings (SSSR count). The molecule has 0 aliphatic carbocycles. The molecule has 24 heavy (non-hydrogen) atoms. The Labute approximate surface area is 146 Å². The number of hydrogen-bond donors (Lipinski definition) is 0. The number of para-hydroxylation sites is 1. The van der Waals surface area contributed by atoms with Crippen molar-refractivity contribution in [3.8, 4) is 5.75 Å². The molecule has 1 atom stereocenters. The lowest BCUT2D eigenvalue weighted by Crippen LogP contribution is -2.44. The number of aromatic nitrogens is 1. The molecule has 2 aliphatic heterocycles. The van der Waals surface area contributed by atoms with Gasteiger partial charge in [-0.05, 0) is 37.8 Å². The van der Waals surface area contributed by atoms with Crippen LogP contribution < -0.4 is 4.74 Å². The van der Waals surface area contributed by atoms with Gasteiger partial charge in [0, 0.05) is 30.1 Å². The van der Waals surface area contributed by atoms with Crippen molar-refractivity contribution in [3.63, 3.8) is 0 Å². The zero-order chi connectivity index (χ0) is 16.5. The zero-order valence-electron chi connectivity index (χ0n) is 13.9. The number of likely N-dealkylation sites (tertiary alicyclic amines) is 1. The molecule has 0 radical (unpaired) electrons. The molecule has 1 saturated heterocycles. The summed E-state index contributed by atoms with van der Waals surface area (Å²) in [6.45, 7) is 4.21. The summed E-state index contributed by atoms with van der Waals surface area (Å²) in [6, 6.07) is 8.03. The van der Waals surface area contributed by atoms with Crippen LogP contribution in [0.5, 0.6) is 5.75 Å². The number of piperidine rings is 1. The van der Waals surface area contributed by atoms with Crippen molar-refractivity contribution in [1.82, 2.24) is 9.88 Å². The van der Waals surface area contributed by atoms with Gasteiger partial charge in [0.15, 0.2) is 0 Å². The van der Waals surface area contributed by atoms with E-state index in [1.807, 2.05) is 30.0 Å². The number of fused-ring (bicyclic) bond motifs is 1. The number of carbonyl (C=O) groups is 1. The summed E-state index contributed by atoms with van der Waals surface area (Å²) < 4.78 is 5.79. The van der Waals surface area contributed by atoms with Crippen LogP contribution in [0.15, 0.2) is 29.6 Å². The van der Waals surface area contributed by atoms with E-state index in [9.17, 15) is 4.79 Å². The molecule has 0 spiro atoms. The Bertz CT molecular complexity index is 734. The molecule has 1 fully saturated rings. The molecule has 1 aromatic carbocycles. The maximum Gasteiger partial charge on any atom is 0.229 e. The molecule has 2 aliphatic rings. The van der Waals surface area contributed by atoms with Gasteiger partial charge in [0.1, 0.15) is 12.4 Å². The number of hydrogen-bond acceptors (Lipinski definition) is 4. The highest BCUT2D eigenvalue weighted by molar-refractivity contribution is 7.09. The zero-order valence-corrected chi connectivity index (χ0v) is 14.7. The van der Waals surface area contributed by atoms with E-state index in [1.54, 1.807) is 11.3 Å². The molecule has 126 valence electrons. The minimum absolute atomic E-state index is 0.0430. The molecule has 1 amide bonds. The second-order valence-electron chi connectivity index (χ2n) is 6.75. The van der Waals surface area contributed by atoms with Gasteiger partial charge >= 0.3 is 0 Å². The summed E-state index contributed by atoms with van der Waals surface area (Å²) in [5, 5.41) is 3.35. The van der Waals surface area contributed by atoms with Crippen molar-refractivity contribution in [2.45, 2.75) is 32.1 Å². The highest BCUT2D eigenvalue weighted by Gasteiger charge is 2.32. The fourth-order valence-corrected chi connectivity index (χ4v) is 4.62. The lowest BCUT2D eigenvalue weighted by atomic mass is 9.92. The SMILES string of the molecule is Cc1csc(C2CCN(C(=O)[C@@H]3COc4ccccc4C3)CC2)n1. The molecule has 3 heterocycles. The lowest BCUT2D eigenvalue weighted by molar-refractivity contribution is -0.138. The Kier molecular flexibility index (Phi) is 4.27. The van der Waals surface area contributed by atoms with E-state index in [2.05, 4.69) is 16.4 Å². The van der Waals surface area contributed by atoms with Crippen LogP contribution in [0, 0.1) is 12.8 Å². The summed E-state index contributed by atoms with van der Waals surface area (Å²) in [4.78, 5) is 19.5. The molecule has 2 aromatic rings. The number of amides is 1. The van der Waals surface area contributed by atoms with Crippen molar-refractivity contribution >= 4 is 17.2 Å². The number of benzene rings is 1. The second-order valence-corrected chi connectivity index (χ2v) is 7.64. The van der Waals surface area contributed by atoms with Crippen LogP contribution in [-0.4, -0.2) is 35.5 Å². The van der Waals surface area contributed by atoms with Gasteiger partial charge in [-0.3, -0.25) is 4.79 Å². The lowest BCUT2D eigenvalue weighted by Gasteiger charge is -2.35. The van der Waals surface area contributed by atoms with E-state index in [1.165, 1.54) is 5.01 Å². The minimum atomic E-state index is -0.0430. The number of rotatable bonds is 2. The Balaban J connectivity index is 1.37. The molecule has 0 bridgehead atoms. The van der Waals surface area contributed by atoms with Crippen molar-refractivity contribution < 1.29 is 9.53 Å². The van der Waals surface area contributed by atoms with Gasteiger partial charge in [0.2, 0.25) is 5.91 Å². The first-order valence-corrected chi connectivity index (χ1v) is 9.50. The fraction of sp³-hybridized carbons (Fsp3) is 0.474. The molecule has 4 nitrogen and oxygen atoms in total. The summed E-state index contributed by atoms with van der Waals surface area (Å²) in [5.74, 6) is 1.65. The van der Waals surface area contributed by atoms with Crippen LogP contribution in [-0.2, 0) is 11.2 Å². The van der Waals surface area contributed by atoms with Crippen LogP contribution in [0.3, 0.4) is 0 Å². The number of carbonyl (C=O) groups excluding carboxylic acids is 1. The highest BCUT2D eigenvalue weighted by Crippen LogP contribution is 2.32. The molecule has 0 unspecified atom stereocenters. The molecule has 0 saturated carbocycles. The Morgan fingerprint density at radius 2 is 2.08 bits per heavy atom. The van der Waals surface area contributed by atoms with Gasteiger partial charge in [-0.1, -0.05) is 18.2 Å². The van der Waals surface area contributed by atoms with Crippen molar-refractivity contribution in [2.24, 2.45) is 5.92 Å². The highest BCUT2D eigenvalue weighted by atomic mass is 32.1. The summed E-state index contributed by atoms with van der Waals surface area (Å²) >= 11 is 1.75. The Morgan fingerprint density at radius 1 is 1.29 bits per heavy atom. The van der Waals surface area contributed by atoms with Gasteiger partial charge < -0.3 is 9.64 Å². The maximum absolute atomic E-state index is 12.8. The molecule has 1 aromatic heterocycles. The van der Waals surface area contributed by atoms with E-state index in [-0.39, 0.29) is 11.8 Å². The third kappa shape index (κ3) is 3.05. The first kappa shape index (κ1) is 15.6. The van der Waals surface area contributed by atoms with E-state index >= 15 is 0 Å². The standard InChI is InChI=1S/C19H22N2O2S/c1-13-12-24-18(20-13)14-6-8-21(9-7-14)19(22)16-10-15-4-2-3-5-17(15)23-11-16/h2-5,12,14,16H,6-11H2,1H3/t16-/m0/s1. The summed E-state index contributed by atoms with van der Waals surface area (Å²) in [7, 11) is 0. The van der Waals surface area contributed by atoms with Crippen molar-refractivity contribution in [2.75, 3.05) is 19.7 Å². The van der Waals surface area contributed by atoms with E-state index in [0.29, 0.717) is 12.5 Å². The molecule has 0 N–H and O–H groups in total. The monoisotopic (exact) mass is 342 g/mol. The van der Waals surface area contributed by atoms with Crippen LogP contribution in [0.1, 0.15) is 35.0 Å².